The maximum Gasteiger partial charge on any atom is 0.270 e. The van der Waals surface area contributed by atoms with E-state index in [1.807, 2.05) is 62.4 Å². The maximum atomic E-state index is 12.5. The van der Waals surface area contributed by atoms with Gasteiger partial charge in [-0.3, -0.25) is 4.79 Å². The minimum Gasteiger partial charge on any atom is -0.350 e. The highest BCUT2D eigenvalue weighted by molar-refractivity contribution is 6.31. The van der Waals surface area contributed by atoms with E-state index in [-0.39, 0.29) is 5.91 Å². The molecule has 2 aromatic carbocycles. The van der Waals surface area contributed by atoms with E-state index in [1.54, 1.807) is 6.07 Å². The Kier molecular flexibility index (Phi) is 6.04. The number of rotatable bonds is 6. The lowest BCUT2D eigenvalue weighted by Crippen LogP contribution is -2.27. The van der Waals surface area contributed by atoms with Gasteiger partial charge in [0.2, 0.25) is 5.95 Å². The Labute approximate surface area is 163 Å². The second kappa shape index (κ2) is 8.64. The number of amides is 1. The molecule has 6 heteroatoms. The largest absolute Gasteiger partial charge is 0.350 e. The van der Waals surface area contributed by atoms with Crippen molar-refractivity contribution in [2.45, 2.75) is 20.3 Å². The fraction of sp³-hybridized carbons (Fsp3) is 0.190. The molecule has 2 N–H and O–H groups in total. The minimum atomic E-state index is -0.220. The van der Waals surface area contributed by atoms with Gasteiger partial charge < -0.3 is 10.6 Å². The number of benzene rings is 2. The van der Waals surface area contributed by atoms with Gasteiger partial charge in [-0.25, -0.2) is 9.97 Å². The van der Waals surface area contributed by atoms with Crippen LogP contribution in [0.4, 0.5) is 11.6 Å². The molecule has 1 aromatic heterocycles. The van der Waals surface area contributed by atoms with Gasteiger partial charge in [-0.05, 0) is 49.6 Å². The predicted molar refractivity (Wildman–Crippen MR) is 109 cm³/mol. The highest BCUT2D eigenvalue weighted by Crippen LogP contribution is 2.25. The number of nitrogens with one attached hydrogen (secondary N) is 2. The van der Waals surface area contributed by atoms with Crippen LogP contribution in [0.5, 0.6) is 0 Å². The van der Waals surface area contributed by atoms with Crippen LogP contribution in [0.2, 0.25) is 5.02 Å². The van der Waals surface area contributed by atoms with Crippen LogP contribution in [-0.4, -0.2) is 22.4 Å². The van der Waals surface area contributed by atoms with E-state index in [0.29, 0.717) is 28.9 Å². The molecule has 0 unspecified atom stereocenters. The molecule has 27 heavy (non-hydrogen) atoms. The van der Waals surface area contributed by atoms with Crippen molar-refractivity contribution in [3.63, 3.8) is 0 Å². The van der Waals surface area contributed by atoms with Crippen LogP contribution in [0, 0.1) is 13.8 Å². The van der Waals surface area contributed by atoms with Gasteiger partial charge >= 0.3 is 0 Å². The van der Waals surface area contributed by atoms with Crippen molar-refractivity contribution in [3.8, 4) is 0 Å². The smallest absolute Gasteiger partial charge is 0.270 e. The molecule has 0 saturated heterocycles. The van der Waals surface area contributed by atoms with E-state index < -0.39 is 0 Å². The molecule has 0 saturated carbocycles. The lowest BCUT2D eigenvalue weighted by Gasteiger charge is -2.11. The number of hydrogen-bond donors (Lipinski definition) is 2. The first-order chi connectivity index (χ1) is 13.0. The minimum absolute atomic E-state index is 0.220. The average Bonchev–Trinajstić information content (AvgIpc) is 2.66. The van der Waals surface area contributed by atoms with Gasteiger partial charge in [-0.15, -0.1) is 0 Å². The second-order valence-corrected chi connectivity index (χ2v) is 6.65. The Hall–Kier alpha value is -2.92. The summed E-state index contributed by atoms with van der Waals surface area (Å²) in [5.74, 6) is 0.149. The highest BCUT2D eigenvalue weighted by Gasteiger charge is 2.11. The fourth-order valence-corrected chi connectivity index (χ4v) is 2.83. The molecule has 0 fully saturated rings. The number of aromatic nitrogens is 2. The zero-order valence-electron chi connectivity index (χ0n) is 15.3. The van der Waals surface area contributed by atoms with E-state index >= 15 is 0 Å². The number of halogens is 1. The summed E-state index contributed by atoms with van der Waals surface area (Å²) in [7, 11) is 0. The van der Waals surface area contributed by atoms with Crippen LogP contribution in [0.3, 0.4) is 0 Å². The highest BCUT2D eigenvalue weighted by atomic mass is 35.5. The summed E-state index contributed by atoms with van der Waals surface area (Å²) in [5, 5.41) is 6.71. The van der Waals surface area contributed by atoms with E-state index in [9.17, 15) is 4.79 Å². The van der Waals surface area contributed by atoms with E-state index in [4.69, 9.17) is 11.6 Å². The first-order valence-corrected chi connectivity index (χ1v) is 9.10. The van der Waals surface area contributed by atoms with Crippen molar-refractivity contribution < 1.29 is 4.79 Å². The third-order valence-electron chi connectivity index (χ3n) is 4.14. The van der Waals surface area contributed by atoms with Crippen molar-refractivity contribution in [1.29, 1.82) is 0 Å². The zero-order valence-corrected chi connectivity index (χ0v) is 16.0. The lowest BCUT2D eigenvalue weighted by atomic mass is 10.1. The van der Waals surface area contributed by atoms with Crippen LogP contribution >= 0.6 is 11.6 Å². The van der Waals surface area contributed by atoms with Crippen LogP contribution < -0.4 is 10.6 Å². The number of carbonyl (C=O) groups is 1. The summed E-state index contributed by atoms with van der Waals surface area (Å²) in [4.78, 5) is 21.2. The van der Waals surface area contributed by atoms with Gasteiger partial charge in [0, 0.05) is 22.9 Å². The topological polar surface area (TPSA) is 66.9 Å². The van der Waals surface area contributed by atoms with Crippen LogP contribution in [0.25, 0.3) is 0 Å². The number of anilines is 2. The van der Waals surface area contributed by atoms with Gasteiger partial charge in [-0.2, -0.15) is 0 Å². The van der Waals surface area contributed by atoms with Crippen molar-refractivity contribution in [1.82, 2.24) is 15.3 Å². The standard InChI is InChI=1S/C21H21ClN4O/c1-14-13-19(20(27)23-12-11-16-7-4-3-5-8-16)26-21(24-14)25-18-10-6-9-17(22)15(18)2/h3-10,13H,11-12H2,1-2H3,(H,23,27)(H,24,25,26). The summed E-state index contributed by atoms with van der Waals surface area (Å²) in [6, 6.07) is 17.3. The third kappa shape index (κ3) is 5.05. The number of carbonyl (C=O) groups excluding carboxylic acids is 1. The molecule has 0 atom stereocenters. The molecule has 1 heterocycles. The molecule has 0 radical (unpaired) electrons. The normalized spacial score (nSPS) is 10.5. The van der Waals surface area contributed by atoms with E-state index in [2.05, 4.69) is 20.6 Å². The number of aryl methyl sites for hydroxylation is 1. The summed E-state index contributed by atoms with van der Waals surface area (Å²) in [6.45, 7) is 4.29. The summed E-state index contributed by atoms with van der Waals surface area (Å²) < 4.78 is 0. The van der Waals surface area contributed by atoms with E-state index in [1.165, 1.54) is 5.56 Å². The SMILES string of the molecule is Cc1cc(C(=O)NCCc2ccccc2)nc(Nc2cccc(Cl)c2C)n1. The predicted octanol–water partition coefficient (Wildman–Crippen LogP) is 4.46. The van der Waals surface area contributed by atoms with E-state index in [0.717, 1.165) is 17.7 Å². The van der Waals surface area contributed by atoms with Gasteiger partial charge in [0.25, 0.3) is 5.91 Å². The quantitative estimate of drug-likeness (QED) is 0.662. The Bertz CT molecular complexity index is 944. The molecule has 0 aliphatic heterocycles. The van der Waals surface area contributed by atoms with Crippen LogP contribution in [0.15, 0.2) is 54.6 Å². The van der Waals surface area contributed by atoms with Crippen molar-refractivity contribution >= 4 is 29.1 Å². The van der Waals surface area contributed by atoms with Crippen LogP contribution in [0.1, 0.15) is 27.3 Å². The molecule has 0 aliphatic rings. The summed E-state index contributed by atoms with van der Waals surface area (Å²) >= 11 is 6.16. The first-order valence-electron chi connectivity index (χ1n) is 8.73. The molecular formula is C21H21ClN4O. The number of nitrogens with zero attached hydrogens (tertiary/aromatic N) is 2. The molecule has 138 valence electrons. The molecule has 0 spiro atoms. The lowest BCUT2D eigenvalue weighted by molar-refractivity contribution is 0.0949. The van der Waals surface area contributed by atoms with Crippen molar-refractivity contribution in [2.75, 3.05) is 11.9 Å². The molecule has 3 aromatic rings. The fourth-order valence-electron chi connectivity index (χ4n) is 2.66. The molecule has 5 nitrogen and oxygen atoms in total. The Balaban J connectivity index is 1.69. The Morgan fingerprint density at radius 1 is 1.04 bits per heavy atom. The van der Waals surface area contributed by atoms with Crippen molar-refractivity contribution in [2.24, 2.45) is 0 Å². The molecule has 0 aliphatic carbocycles. The molecule has 0 bridgehead atoms. The summed E-state index contributed by atoms with van der Waals surface area (Å²) in [6.07, 6.45) is 0.767. The van der Waals surface area contributed by atoms with Gasteiger partial charge in [0.05, 0.1) is 0 Å². The average molecular weight is 381 g/mol. The molecule has 1 amide bonds. The Morgan fingerprint density at radius 2 is 1.81 bits per heavy atom. The molecule has 3 rings (SSSR count). The summed E-state index contributed by atoms with van der Waals surface area (Å²) in [5.41, 5.74) is 3.93. The van der Waals surface area contributed by atoms with Gasteiger partial charge in [0.15, 0.2) is 0 Å². The zero-order chi connectivity index (χ0) is 19.2. The molecular weight excluding hydrogens is 360 g/mol. The number of hydrogen-bond acceptors (Lipinski definition) is 4. The maximum absolute atomic E-state index is 12.5. The monoisotopic (exact) mass is 380 g/mol. The van der Waals surface area contributed by atoms with Gasteiger partial charge in [-0.1, -0.05) is 48.0 Å². The van der Waals surface area contributed by atoms with Crippen molar-refractivity contribution in [3.05, 3.63) is 82.1 Å². The first kappa shape index (κ1) is 18.9. The van der Waals surface area contributed by atoms with Crippen LogP contribution in [-0.2, 0) is 6.42 Å². The third-order valence-corrected chi connectivity index (χ3v) is 4.55. The Morgan fingerprint density at radius 3 is 2.59 bits per heavy atom. The second-order valence-electron chi connectivity index (χ2n) is 6.25. The van der Waals surface area contributed by atoms with Gasteiger partial charge in [0.1, 0.15) is 5.69 Å².